The number of benzene rings is 1. The number of nitrogens with one attached hydrogen (secondary N) is 1. The molecule has 1 amide bonds. The Bertz CT molecular complexity index is 681. The first kappa shape index (κ1) is 15.7. The lowest BCUT2D eigenvalue weighted by atomic mass is 9.86. The molecule has 1 aliphatic rings. The summed E-state index contributed by atoms with van der Waals surface area (Å²) in [6.45, 7) is 4.14. The van der Waals surface area contributed by atoms with E-state index >= 15 is 0 Å². The number of aromatic nitrogens is 1. The molecule has 1 aliphatic carbocycles. The second-order valence-electron chi connectivity index (χ2n) is 6.54. The second kappa shape index (κ2) is 6.95. The van der Waals surface area contributed by atoms with Crippen LogP contribution in [-0.2, 0) is 0 Å². The number of aryl methyl sites for hydroxylation is 1. The highest BCUT2D eigenvalue weighted by molar-refractivity contribution is 5.95. The third-order valence-corrected chi connectivity index (χ3v) is 4.83. The summed E-state index contributed by atoms with van der Waals surface area (Å²) < 4.78 is 0. The minimum absolute atomic E-state index is 0.00774. The van der Waals surface area contributed by atoms with Gasteiger partial charge in [0.2, 0.25) is 0 Å². The molecule has 2 aromatic rings. The Kier molecular flexibility index (Phi) is 4.75. The van der Waals surface area contributed by atoms with Crippen molar-refractivity contribution in [3.63, 3.8) is 0 Å². The molecule has 2 atom stereocenters. The van der Waals surface area contributed by atoms with Gasteiger partial charge in [-0.2, -0.15) is 0 Å². The lowest BCUT2D eigenvalue weighted by Gasteiger charge is -2.29. The van der Waals surface area contributed by atoms with E-state index in [2.05, 4.69) is 17.2 Å². The maximum Gasteiger partial charge on any atom is 0.253 e. The molecule has 0 saturated heterocycles. The Morgan fingerprint density at radius 3 is 2.52 bits per heavy atom. The number of nitrogens with zero attached hydrogens (tertiary/aromatic N) is 1. The van der Waals surface area contributed by atoms with Crippen molar-refractivity contribution in [2.45, 2.75) is 45.6 Å². The Labute approximate surface area is 138 Å². The monoisotopic (exact) mass is 308 g/mol. The second-order valence-corrected chi connectivity index (χ2v) is 6.54. The fourth-order valence-electron chi connectivity index (χ4n) is 3.35. The zero-order chi connectivity index (χ0) is 16.2. The number of amides is 1. The average molecular weight is 308 g/mol. The quantitative estimate of drug-likeness (QED) is 0.915. The minimum Gasteiger partial charge on any atom is -0.349 e. The van der Waals surface area contributed by atoms with Crippen LogP contribution in [0.1, 0.15) is 48.7 Å². The summed E-state index contributed by atoms with van der Waals surface area (Å²) in [6.07, 6.45) is 4.77. The minimum atomic E-state index is 0.00774. The maximum absolute atomic E-state index is 12.6. The van der Waals surface area contributed by atoms with Crippen LogP contribution in [0.15, 0.2) is 42.5 Å². The van der Waals surface area contributed by atoms with Crippen molar-refractivity contribution >= 4 is 5.91 Å². The van der Waals surface area contributed by atoms with Crippen LogP contribution in [0.25, 0.3) is 11.3 Å². The van der Waals surface area contributed by atoms with Gasteiger partial charge in [-0.05, 0) is 37.8 Å². The molecule has 3 heteroatoms. The van der Waals surface area contributed by atoms with Crippen molar-refractivity contribution in [2.24, 2.45) is 5.92 Å². The highest BCUT2D eigenvalue weighted by Gasteiger charge is 2.24. The van der Waals surface area contributed by atoms with Crippen molar-refractivity contribution in [1.82, 2.24) is 10.3 Å². The van der Waals surface area contributed by atoms with E-state index in [1.54, 1.807) is 0 Å². The van der Waals surface area contributed by atoms with Crippen LogP contribution < -0.4 is 5.32 Å². The van der Waals surface area contributed by atoms with Crippen LogP contribution in [-0.4, -0.2) is 16.9 Å². The molecule has 0 unspecified atom stereocenters. The van der Waals surface area contributed by atoms with Gasteiger partial charge in [-0.15, -0.1) is 0 Å². The van der Waals surface area contributed by atoms with Crippen molar-refractivity contribution < 1.29 is 4.79 Å². The molecular weight excluding hydrogens is 284 g/mol. The highest BCUT2D eigenvalue weighted by atomic mass is 16.1. The van der Waals surface area contributed by atoms with Gasteiger partial charge in [0, 0.05) is 11.6 Å². The molecule has 0 spiro atoms. The van der Waals surface area contributed by atoms with Crippen LogP contribution in [0.4, 0.5) is 0 Å². The first-order valence-corrected chi connectivity index (χ1v) is 8.49. The smallest absolute Gasteiger partial charge is 0.253 e. The SMILES string of the molecule is Cc1nc(-c2ccccc2)ccc1C(=O)N[C@H]1CCCC[C@H]1C. The predicted octanol–water partition coefficient (Wildman–Crippen LogP) is 4.37. The topological polar surface area (TPSA) is 42.0 Å². The number of rotatable bonds is 3. The van der Waals surface area contributed by atoms with Crippen LogP contribution in [0.2, 0.25) is 0 Å². The van der Waals surface area contributed by atoms with E-state index in [1.807, 2.05) is 49.4 Å². The van der Waals surface area contributed by atoms with E-state index < -0.39 is 0 Å². The molecule has 3 nitrogen and oxygen atoms in total. The molecule has 0 aliphatic heterocycles. The Morgan fingerprint density at radius 1 is 1.09 bits per heavy atom. The van der Waals surface area contributed by atoms with Gasteiger partial charge in [0.1, 0.15) is 0 Å². The van der Waals surface area contributed by atoms with Gasteiger partial charge in [-0.1, -0.05) is 50.1 Å². The normalized spacial score (nSPS) is 21.0. The van der Waals surface area contributed by atoms with Crippen molar-refractivity contribution in [3.05, 3.63) is 53.7 Å². The summed E-state index contributed by atoms with van der Waals surface area (Å²) in [4.78, 5) is 17.2. The molecule has 120 valence electrons. The number of carbonyl (C=O) groups is 1. The van der Waals surface area contributed by atoms with E-state index in [-0.39, 0.29) is 5.91 Å². The number of hydrogen-bond acceptors (Lipinski definition) is 2. The van der Waals surface area contributed by atoms with Gasteiger partial charge in [0.05, 0.1) is 17.0 Å². The third-order valence-electron chi connectivity index (χ3n) is 4.83. The number of hydrogen-bond donors (Lipinski definition) is 1. The first-order valence-electron chi connectivity index (χ1n) is 8.49. The van der Waals surface area contributed by atoms with Crippen molar-refractivity contribution in [2.75, 3.05) is 0 Å². The van der Waals surface area contributed by atoms with E-state index in [0.29, 0.717) is 17.5 Å². The summed E-state index contributed by atoms with van der Waals surface area (Å²) in [5.74, 6) is 0.568. The van der Waals surface area contributed by atoms with Crippen LogP contribution >= 0.6 is 0 Å². The molecule has 0 bridgehead atoms. The fraction of sp³-hybridized carbons (Fsp3) is 0.400. The van der Waals surface area contributed by atoms with Gasteiger partial charge in [0.25, 0.3) is 5.91 Å². The van der Waals surface area contributed by atoms with Gasteiger partial charge >= 0.3 is 0 Å². The zero-order valence-corrected chi connectivity index (χ0v) is 13.9. The van der Waals surface area contributed by atoms with Crippen LogP contribution in [0, 0.1) is 12.8 Å². The molecule has 23 heavy (non-hydrogen) atoms. The fourth-order valence-corrected chi connectivity index (χ4v) is 3.35. The number of carbonyl (C=O) groups excluding carboxylic acids is 1. The lowest BCUT2D eigenvalue weighted by Crippen LogP contribution is -2.41. The van der Waals surface area contributed by atoms with E-state index in [1.165, 1.54) is 19.3 Å². The Balaban J connectivity index is 1.76. The van der Waals surface area contributed by atoms with Gasteiger partial charge < -0.3 is 5.32 Å². The van der Waals surface area contributed by atoms with E-state index in [0.717, 1.165) is 23.4 Å². The summed E-state index contributed by atoms with van der Waals surface area (Å²) in [6, 6.07) is 14.2. The molecule has 0 radical (unpaired) electrons. The zero-order valence-electron chi connectivity index (χ0n) is 13.9. The Hall–Kier alpha value is -2.16. The molecule has 1 aromatic carbocycles. The van der Waals surface area contributed by atoms with Crippen LogP contribution in [0.3, 0.4) is 0 Å². The molecular formula is C20H24N2O. The Morgan fingerprint density at radius 2 is 1.83 bits per heavy atom. The summed E-state index contributed by atoms with van der Waals surface area (Å²) in [7, 11) is 0. The summed E-state index contributed by atoms with van der Waals surface area (Å²) in [5, 5.41) is 3.21. The highest BCUT2D eigenvalue weighted by Crippen LogP contribution is 2.24. The first-order chi connectivity index (χ1) is 11.1. The predicted molar refractivity (Wildman–Crippen MR) is 93.3 cm³/mol. The van der Waals surface area contributed by atoms with Gasteiger partial charge in [-0.3, -0.25) is 9.78 Å². The van der Waals surface area contributed by atoms with Gasteiger partial charge in [-0.25, -0.2) is 0 Å². The summed E-state index contributed by atoms with van der Waals surface area (Å²) >= 11 is 0. The van der Waals surface area contributed by atoms with Crippen molar-refractivity contribution in [1.29, 1.82) is 0 Å². The molecule has 1 saturated carbocycles. The summed E-state index contributed by atoms with van der Waals surface area (Å²) in [5.41, 5.74) is 3.45. The van der Waals surface area contributed by atoms with Crippen molar-refractivity contribution in [3.8, 4) is 11.3 Å². The third kappa shape index (κ3) is 3.61. The number of pyridine rings is 1. The van der Waals surface area contributed by atoms with E-state index in [9.17, 15) is 4.79 Å². The standard InChI is InChI=1S/C20H24N2O/c1-14-8-6-7-11-18(14)22-20(23)17-12-13-19(21-15(17)2)16-9-4-3-5-10-16/h3-5,9-10,12-14,18H,6-8,11H2,1-2H3,(H,22,23)/t14-,18+/m1/s1. The molecule has 1 aromatic heterocycles. The lowest BCUT2D eigenvalue weighted by molar-refractivity contribution is 0.0909. The molecule has 3 rings (SSSR count). The molecule has 1 heterocycles. The van der Waals surface area contributed by atoms with E-state index in [4.69, 9.17) is 0 Å². The van der Waals surface area contributed by atoms with Crippen LogP contribution in [0.5, 0.6) is 0 Å². The maximum atomic E-state index is 12.6. The molecule has 1 N–H and O–H groups in total. The average Bonchev–Trinajstić information content (AvgIpc) is 2.57. The molecule has 1 fully saturated rings. The largest absolute Gasteiger partial charge is 0.349 e. The van der Waals surface area contributed by atoms with Gasteiger partial charge in [0.15, 0.2) is 0 Å².